The van der Waals surface area contributed by atoms with Crippen molar-refractivity contribution < 1.29 is 14.7 Å². The van der Waals surface area contributed by atoms with Crippen LogP contribution in [0.2, 0.25) is 0 Å². The molecule has 1 rings (SSSR count). The zero-order valence-corrected chi connectivity index (χ0v) is 12.8. The number of carboxylic acid groups (broad SMARTS) is 1. The topological polar surface area (TPSA) is 78.4 Å². The lowest BCUT2D eigenvalue weighted by atomic mass is 10.0. The molecular formula is C13H17IN2O3. The van der Waals surface area contributed by atoms with E-state index in [1.54, 1.807) is 6.07 Å². The summed E-state index contributed by atoms with van der Waals surface area (Å²) in [5.74, 6) is -0.883. The van der Waals surface area contributed by atoms with E-state index in [4.69, 9.17) is 5.11 Å². The van der Waals surface area contributed by atoms with E-state index in [0.717, 1.165) is 15.7 Å². The van der Waals surface area contributed by atoms with Gasteiger partial charge in [0.2, 0.25) is 0 Å². The molecule has 0 aromatic heterocycles. The molecule has 104 valence electrons. The minimum Gasteiger partial charge on any atom is -0.481 e. The third kappa shape index (κ3) is 6.42. The third-order valence-electron chi connectivity index (χ3n) is 2.67. The molecule has 2 amide bonds. The second-order valence-electron chi connectivity index (χ2n) is 4.22. The SMILES string of the molecule is CCC(CNC(=O)Nc1cccc(I)c1)CC(=O)O. The quantitative estimate of drug-likeness (QED) is 0.668. The lowest BCUT2D eigenvalue weighted by Crippen LogP contribution is -2.33. The number of carbonyl (C=O) groups is 2. The average Bonchev–Trinajstić information content (AvgIpc) is 2.34. The zero-order valence-electron chi connectivity index (χ0n) is 10.6. The molecule has 3 N–H and O–H groups in total. The van der Waals surface area contributed by atoms with Crippen LogP contribution in [0.4, 0.5) is 10.5 Å². The number of amides is 2. The van der Waals surface area contributed by atoms with Crippen LogP contribution in [0.3, 0.4) is 0 Å². The fraction of sp³-hybridized carbons (Fsp3) is 0.385. The predicted molar refractivity (Wildman–Crippen MR) is 82.2 cm³/mol. The second-order valence-corrected chi connectivity index (χ2v) is 5.46. The highest BCUT2D eigenvalue weighted by Gasteiger charge is 2.12. The van der Waals surface area contributed by atoms with Gasteiger partial charge in [-0.1, -0.05) is 19.4 Å². The molecule has 0 aliphatic carbocycles. The van der Waals surface area contributed by atoms with Crippen molar-refractivity contribution in [3.63, 3.8) is 0 Å². The molecule has 0 radical (unpaired) electrons. The molecule has 19 heavy (non-hydrogen) atoms. The van der Waals surface area contributed by atoms with Gasteiger partial charge in [-0.15, -0.1) is 0 Å². The van der Waals surface area contributed by atoms with Gasteiger partial charge in [0.1, 0.15) is 0 Å². The number of hydrogen-bond donors (Lipinski definition) is 3. The van der Waals surface area contributed by atoms with Crippen LogP contribution < -0.4 is 10.6 Å². The number of carbonyl (C=O) groups excluding carboxylic acids is 1. The van der Waals surface area contributed by atoms with Gasteiger partial charge in [-0.3, -0.25) is 4.79 Å². The van der Waals surface area contributed by atoms with Gasteiger partial charge in [-0.05, 0) is 46.7 Å². The van der Waals surface area contributed by atoms with Crippen LogP contribution in [-0.2, 0) is 4.79 Å². The van der Waals surface area contributed by atoms with Crippen molar-refractivity contribution in [2.24, 2.45) is 5.92 Å². The lowest BCUT2D eigenvalue weighted by Gasteiger charge is -2.14. The van der Waals surface area contributed by atoms with Gasteiger partial charge >= 0.3 is 12.0 Å². The van der Waals surface area contributed by atoms with Gasteiger partial charge in [0.25, 0.3) is 0 Å². The third-order valence-corrected chi connectivity index (χ3v) is 3.35. The Kier molecular flexibility index (Phi) is 6.61. The molecule has 1 aromatic rings. The van der Waals surface area contributed by atoms with Crippen molar-refractivity contribution in [2.45, 2.75) is 19.8 Å². The first-order valence-corrected chi connectivity index (χ1v) is 7.11. The van der Waals surface area contributed by atoms with E-state index in [1.807, 2.05) is 25.1 Å². The van der Waals surface area contributed by atoms with Crippen LogP contribution in [0.15, 0.2) is 24.3 Å². The number of halogens is 1. The Labute approximate surface area is 125 Å². The highest BCUT2D eigenvalue weighted by Crippen LogP contribution is 2.12. The van der Waals surface area contributed by atoms with Crippen LogP contribution in [-0.4, -0.2) is 23.7 Å². The lowest BCUT2D eigenvalue weighted by molar-refractivity contribution is -0.138. The van der Waals surface area contributed by atoms with Crippen molar-refractivity contribution in [3.05, 3.63) is 27.8 Å². The summed E-state index contributed by atoms with van der Waals surface area (Å²) in [5, 5.41) is 14.1. The first kappa shape index (κ1) is 15.7. The summed E-state index contributed by atoms with van der Waals surface area (Å²) in [6.45, 7) is 2.27. The summed E-state index contributed by atoms with van der Waals surface area (Å²) in [6.07, 6.45) is 0.788. The number of anilines is 1. The summed E-state index contributed by atoms with van der Waals surface area (Å²) in [7, 11) is 0. The van der Waals surface area contributed by atoms with E-state index >= 15 is 0 Å². The van der Waals surface area contributed by atoms with Crippen molar-refractivity contribution in [2.75, 3.05) is 11.9 Å². The van der Waals surface area contributed by atoms with Crippen LogP contribution >= 0.6 is 22.6 Å². The summed E-state index contributed by atoms with van der Waals surface area (Å²) in [5.41, 5.74) is 0.718. The highest BCUT2D eigenvalue weighted by molar-refractivity contribution is 14.1. The first-order valence-electron chi connectivity index (χ1n) is 6.03. The molecule has 0 fully saturated rings. The molecule has 0 spiro atoms. The zero-order chi connectivity index (χ0) is 14.3. The Morgan fingerprint density at radius 1 is 1.42 bits per heavy atom. The number of urea groups is 1. The van der Waals surface area contributed by atoms with Gasteiger partial charge in [-0.25, -0.2) is 4.79 Å². The number of benzene rings is 1. The Bertz CT molecular complexity index is 451. The molecule has 6 heteroatoms. The van der Waals surface area contributed by atoms with Gasteiger partial charge < -0.3 is 15.7 Å². The number of aliphatic carboxylic acids is 1. The summed E-state index contributed by atoms with van der Waals surface area (Å²) < 4.78 is 1.03. The van der Waals surface area contributed by atoms with Gasteiger partial charge in [0, 0.05) is 22.2 Å². The van der Waals surface area contributed by atoms with E-state index in [9.17, 15) is 9.59 Å². The van der Waals surface area contributed by atoms with Crippen molar-refractivity contribution >= 4 is 40.3 Å². The Morgan fingerprint density at radius 3 is 2.74 bits per heavy atom. The largest absolute Gasteiger partial charge is 0.481 e. The normalized spacial score (nSPS) is 11.7. The summed E-state index contributed by atoms with van der Waals surface area (Å²) >= 11 is 2.17. The van der Waals surface area contributed by atoms with Crippen molar-refractivity contribution in [1.29, 1.82) is 0 Å². The Hall–Kier alpha value is -1.31. The Balaban J connectivity index is 2.40. The number of nitrogens with one attached hydrogen (secondary N) is 2. The Morgan fingerprint density at radius 2 is 2.16 bits per heavy atom. The van der Waals surface area contributed by atoms with E-state index in [0.29, 0.717) is 6.54 Å². The van der Waals surface area contributed by atoms with E-state index in [2.05, 4.69) is 33.2 Å². The first-order chi connectivity index (χ1) is 9.01. The van der Waals surface area contributed by atoms with Crippen LogP contribution in [0.25, 0.3) is 0 Å². The van der Waals surface area contributed by atoms with Gasteiger partial charge in [-0.2, -0.15) is 0 Å². The maximum absolute atomic E-state index is 11.7. The molecule has 5 nitrogen and oxygen atoms in total. The summed E-state index contributed by atoms with van der Waals surface area (Å²) in [6, 6.07) is 7.14. The standard InChI is InChI=1S/C13H17IN2O3/c1-2-9(6-12(17)18)8-15-13(19)16-11-5-3-4-10(14)7-11/h3-5,7,9H,2,6,8H2,1H3,(H,17,18)(H2,15,16,19). The number of rotatable bonds is 6. The van der Waals surface area contributed by atoms with Gasteiger partial charge in [0.05, 0.1) is 0 Å². The molecule has 1 aromatic carbocycles. The molecule has 0 aliphatic heterocycles. The predicted octanol–water partition coefficient (Wildman–Crippen LogP) is 2.91. The molecule has 0 saturated carbocycles. The fourth-order valence-electron chi connectivity index (χ4n) is 1.59. The minimum absolute atomic E-state index is 0.0424. The molecule has 1 atom stereocenters. The maximum atomic E-state index is 11.7. The van der Waals surface area contributed by atoms with Crippen LogP contribution in [0, 0.1) is 9.49 Å². The minimum atomic E-state index is -0.841. The molecular weight excluding hydrogens is 359 g/mol. The number of carboxylic acids is 1. The van der Waals surface area contributed by atoms with Crippen molar-refractivity contribution in [1.82, 2.24) is 5.32 Å². The van der Waals surface area contributed by atoms with E-state index in [-0.39, 0.29) is 18.4 Å². The molecule has 0 bridgehead atoms. The molecule has 0 aliphatic rings. The average molecular weight is 376 g/mol. The number of hydrogen-bond acceptors (Lipinski definition) is 2. The van der Waals surface area contributed by atoms with E-state index < -0.39 is 5.97 Å². The van der Waals surface area contributed by atoms with Crippen LogP contribution in [0.5, 0.6) is 0 Å². The van der Waals surface area contributed by atoms with E-state index in [1.165, 1.54) is 0 Å². The second kappa shape index (κ2) is 7.98. The fourth-order valence-corrected chi connectivity index (χ4v) is 2.13. The molecule has 1 unspecified atom stereocenters. The van der Waals surface area contributed by atoms with Gasteiger partial charge in [0.15, 0.2) is 0 Å². The molecule has 0 saturated heterocycles. The maximum Gasteiger partial charge on any atom is 0.319 e. The smallest absolute Gasteiger partial charge is 0.319 e. The highest BCUT2D eigenvalue weighted by atomic mass is 127. The van der Waals surface area contributed by atoms with Crippen LogP contribution in [0.1, 0.15) is 19.8 Å². The monoisotopic (exact) mass is 376 g/mol. The summed E-state index contributed by atoms with van der Waals surface area (Å²) in [4.78, 5) is 22.3. The van der Waals surface area contributed by atoms with Crippen molar-refractivity contribution in [3.8, 4) is 0 Å². The molecule has 0 heterocycles.